The molecule has 0 saturated carbocycles. The van der Waals surface area contributed by atoms with E-state index in [-0.39, 0.29) is 20.3 Å². The molecular weight excluding hydrogens is 322 g/mol. The number of halogens is 6. The predicted octanol–water partition coefficient (Wildman–Crippen LogP) is -1.62. The van der Waals surface area contributed by atoms with E-state index in [4.69, 9.17) is 24.1 Å². The van der Waals surface area contributed by atoms with Gasteiger partial charge in [0.1, 0.15) is 0 Å². The van der Waals surface area contributed by atoms with Crippen LogP contribution in [0.25, 0.3) is 0 Å². The molecule has 18 heteroatoms. The van der Waals surface area contributed by atoms with Gasteiger partial charge in [-0.25, -0.2) is 9.13 Å². The van der Waals surface area contributed by atoms with Crippen molar-refractivity contribution >= 4 is 22.9 Å². The zero-order valence-corrected chi connectivity index (χ0v) is 9.95. The summed E-state index contributed by atoms with van der Waals surface area (Å²) in [5.41, 5.74) is 0. The fourth-order valence-electron chi connectivity index (χ4n) is 0.0106. The molecule has 0 heterocycles. The van der Waals surface area contributed by atoms with E-state index in [9.17, 15) is 30.9 Å². The van der Waals surface area contributed by atoms with Gasteiger partial charge in [-0.3, -0.25) is 4.89 Å². The van der Waals surface area contributed by atoms with Gasteiger partial charge in [0.15, 0.2) is 0 Å². The zero-order chi connectivity index (χ0) is 14.9. The predicted molar refractivity (Wildman–Crippen MR) is 39.8 cm³/mol. The molecule has 4 N–H and O–H groups in total. The maximum atomic E-state index is 10.4. The summed E-state index contributed by atoms with van der Waals surface area (Å²) in [4.78, 5) is 29.1. The first kappa shape index (κ1) is 26.9. The van der Waals surface area contributed by atoms with E-state index >= 15 is 0 Å². The van der Waals surface area contributed by atoms with Gasteiger partial charge in [0, 0.05) is 0 Å². The van der Waals surface area contributed by atoms with Crippen LogP contribution < -0.4 is 18.9 Å². The van der Waals surface area contributed by atoms with Crippen molar-refractivity contribution in [1.82, 2.24) is 0 Å². The van der Waals surface area contributed by atoms with Gasteiger partial charge in [0.25, 0.3) is 0 Å². The van der Waals surface area contributed by atoms with Gasteiger partial charge in [-0.15, -0.1) is 0 Å². The summed E-state index contributed by atoms with van der Waals surface area (Å²) in [6, 6.07) is 0. The molecule has 0 aromatic rings. The second-order valence-corrected chi connectivity index (χ2v) is 3.85. The fourth-order valence-corrected chi connectivity index (χ4v) is 0.0319. The van der Waals surface area contributed by atoms with Gasteiger partial charge in [0.2, 0.25) is 0 Å². The van der Waals surface area contributed by atoms with Crippen molar-refractivity contribution in [2.24, 2.45) is 0 Å². The Kier molecular flexibility index (Phi) is 16.9. The first-order valence-corrected chi connectivity index (χ1v) is 5.77. The van der Waals surface area contributed by atoms with Crippen molar-refractivity contribution in [3.05, 3.63) is 0 Å². The molecule has 18 heavy (non-hydrogen) atoms. The van der Waals surface area contributed by atoms with Crippen molar-refractivity contribution in [2.75, 3.05) is 0 Å². The van der Waals surface area contributed by atoms with Crippen LogP contribution in [-0.2, 0) is 18.6 Å². The van der Waals surface area contributed by atoms with Gasteiger partial charge < -0.3 is 33.4 Å². The van der Waals surface area contributed by atoms with Crippen molar-refractivity contribution in [1.29, 1.82) is 0 Å². The maximum Gasteiger partial charge on any atom is 1.00 e. The first-order valence-electron chi connectivity index (χ1n) is 2.71. The summed E-state index contributed by atoms with van der Waals surface area (Å²) in [6.07, 6.45) is 0. The molecule has 0 atom stereocenters. The maximum absolute atomic E-state index is 10.4. The number of rotatable bonds is 2. The summed E-state index contributed by atoms with van der Waals surface area (Å²) in [5, 5.41) is 0. The molecule has 0 aromatic heterocycles. The summed E-state index contributed by atoms with van der Waals surface area (Å²) in [5.74, 6) is 0. The Balaban J connectivity index is -0.0000000500. The molecule has 0 saturated heterocycles. The van der Waals surface area contributed by atoms with E-state index in [2.05, 4.69) is 9.46 Å². The Morgan fingerprint density at radius 3 is 1.00 bits per heavy atom. The molecule has 0 radical (unpaired) electrons. The third-order valence-electron chi connectivity index (χ3n) is 0.174. The summed E-state index contributed by atoms with van der Waals surface area (Å²) in [6.45, 7) is 0. The van der Waals surface area contributed by atoms with E-state index < -0.39 is 22.9 Å². The van der Waals surface area contributed by atoms with Crippen molar-refractivity contribution in [2.45, 2.75) is 0 Å². The fraction of sp³-hybridized carbons (Fsp3) is 0. The van der Waals surface area contributed by atoms with Crippen molar-refractivity contribution in [3.63, 3.8) is 0 Å². The van der Waals surface area contributed by atoms with Crippen molar-refractivity contribution in [3.8, 4) is 0 Å². The molecular formula is H5BF6LiO8P2-. The Morgan fingerprint density at radius 2 is 1.00 bits per heavy atom. The van der Waals surface area contributed by atoms with Gasteiger partial charge in [-0.1, -0.05) is 9.46 Å². The molecule has 0 aromatic carbocycles. The Morgan fingerprint density at radius 1 is 0.889 bits per heavy atom. The number of hydrogen-bond donors (Lipinski definition) is 4. The second kappa shape index (κ2) is 11.3. The molecule has 0 rings (SSSR count). The van der Waals surface area contributed by atoms with Gasteiger partial charge in [-0.05, 0) is 9.05 Å². The molecule has 0 amide bonds. The van der Waals surface area contributed by atoms with Gasteiger partial charge in [-0.2, -0.15) is 0 Å². The molecule has 0 spiro atoms. The monoisotopic (exact) mass is 327 g/mol. The van der Waals surface area contributed by atoms with E-state index in [0.717, 1.165) is 0 Å². The van der Waals surface area contributed by atoms with E-state index in [1.54, 1.807) is 0 Å². The minimum atomic E-state index is -6.00. The molecule has 0 aliphatic rings. The Bertz CT molecular complexity index is 259. The van der Waals surface area contributed by atoms with Crippen LogP contribution >= 0.6 is 15.6 Å². The largest absolute Gasteiger partial charge is 1.00 e. The number of phosphoric acid groups is 2. The molecule has 0 aliphatic heterocycles. The minimum absolute atomic E-state index is 0. The topological polar surface area (TPSA) is 134 Å². The second-order valence-electron chi connectivity index (χ2n) is 1.61. The third kappa shape index (κ3) is 94.2. The van der Waals surface area contributed by atoms with Crippen LogP contribution in [0, 0.1) is 0 Å². The van der Waals surface area contributed by atoms with Gasteiger partial charge in [0.05, 0.1) is 0 Å². The summed E-state index contributed by atoms with van der Waals surface area (Å²) < 4.78 is 82.2. The average molecular weight is 327 g/mol. The minimum Gasteiger partial charge on any atom is -1.00 e. The van der Waals surface area contributed by atoms with Crippen LogP contribution in [0.15, 0.2) is 0 Å². The van der Waals surface area contributed by atoms with E-state index in [1.807, 2.05) is 0 Å². The molecule has 0 unspecified atom stereocenters. The average Bonchev–Trinajstić information content (AvgIpc) is 1.98. The molecule has 0 bridgehead atoms. The van der Waals surface area contributed by atoms with E-state index in [0.29, 0.717) is 0 Å². The summed E-state index contributed by atoms with van der Waals surface area (Å²) >= 11 is 0. The molecule has 8 nitrogen and oxygen atoms in total. The normalized spacial score (nSPS) is 11.2. The smallest absolute Gasteiger partial charge is 1.00 e. The molecule has 0 aliphatic carbocycles. The van der Waals surface area contributed by atoms with Crippen LogP contribution in [0.4, 0.5) is 26.3 Å². The number of hydrogen-bond acceptors (Lipinski definition) is 4. The summed E-state index contributed by atoms with van der Waals surface area (Å²) in [7, 11) is -15.6. The zero-order valence-electron chi connectivity index (χ0n) is 9.16. The standard InChI is InChI=1S/BF4.F2HO4P.Li.H3O4P.H/c2-1(3,4)5;1-5-7(3,4)6-2;;1-5(2,3)4;/h;(H,3,4);;(H3,1,2,3,4);/q-1;;+1;;-1. The first-order chi connectivity index (χ1) is 7.12. The molecule has 110 valence electrons. The van der Waals surface area contributed by atoms with E-state index in [1.165, 1.54) is 0 Å². The molecule has 0 fully saturated rings. The Labute approximate surface area is 108 Å². The van der Waals surface area contributed by atoms with Crippen molar-refractivity contribution < 1.29 is 84.8 Å². The SMILES string of the molecule is F[B-](F)(F)F.O=P(O)(O)O.O=P(O)(OF)OF.[H-].[Li+]. The van der Waals surface area contributed by atoms with Crippen LogP contribution in [0.5, 0.6) is 0 Å². The van der Waals surface area contributed by atoms with Crippen LogP contribution in [0.2, 0.25) is 0 Å². The Hall–Kier alpha value is 0.462. The van der Waals surface area contributed by atoms with Crippen LogP contribution in [-0.4, -0.2) is 26.8 Å². The van der Waals surface area contributed by atoms with Crippen LogP contribution in [0.3, 0.4) is 0 Å². The third-order valence-corrected chi connectivity index (χ3v) is 0.523. The quantitative estimate of drug-likeness (QED) is 0.270. The van der Waals surface area contributed by atoms with Crippen LogP contribution in [0.1, 0.15) is 1.43 Å². The van der Waals surface area contributed by atoms with Gasteiger partial charge >= 0.3 is 41.8 Å².